The van der Waals surface area contributed by atoms with E-state index in [1.807, 2.05) is 24.5 Å². The van der Waals surface area contributed by atoms with Crippen molar-refractivity contribution < 1.29 is 9.59 Å². The molecular formula is C15H14N2O2S. The molecule has 0 aliphatic rings. The van der Waals surface area contributed by atoms with E-state index in [1.165, 1.54) is 11.8 Å². The van der Waals surface area contributed by atoms with Crippen LogP contribution in [0.2, 0.25) is 0 Å². The molecule has 0 saturated heterocycles. The number of thioether (sulfide) groups is 1. The summed E-state index contributed by atoms with van der Waals surface area (Å²) in [6, 6.07) is 15.9. The molecule has 102 valence electrons. The van der Waals surface area contributed by atoms with Crippen molar-refractivity contribution in [3.63, 3.8) is 0 Å². The van der Waals surface area contributed by atoms with Crippen LogP contribution in [0.5, 0.6) is 0 Å². The van der Waals surface area contributed by atoms with Crippen LogP contribution < -0.4 is 10.9 Å². The standard InChI is InChI=1S/C15H14N2O2S/c1-20-13-10-6-5-9-12(13)15(19)17-16-14(18)11-7-3-2-4-8-11/h2-10H,1H3,(H,16,18)(H,17,19). The van der Waals surface area contributed by atoms with Gasteiger partial charge in [-0.05, 0) is 30.5 Å². The van der Waals surface area contributed by atoms with E-state index in [0.29, 0.717) is 11.1 Å². The van der Waals surface area contributed by atoms with Gasteiger partial charge in [0.05, 0.1) is 5.56 Å². The van der Waals surface area contributed by atoms with Gasteiger partial charge in [0, 0.05) is 10.5 Å². The average molecular weight is 286 g/mol. The molecular weight excluding hydrogens is 272 g/mol. The molecule has 5 heteroatoms. The molecule has 0 unspecified atom stereocenters. The monoisotopic (exact) mass is 286 g/mol. The Labute approximate surface area is 121 Å². The van der Waals surface area contributed by atoms with E-state index in [9.17, 15) is 9.59 Å². The number of carbonyl (C=O) groups excluding carboxylic acids is 2. The van der Waals surface area contributed by atoms with E-state index in [1.54, 1.807) is 36.4 Å². The summed E-state index contributed by atoms with van der Waals surface area (Å²) in [7, 11) is 0. The Balaban J connectivity index is 2.01. The molecule has 0 bridgehead atoms. The Kier molecular flexibility index (Phi) is 4.79. The lowest BCUT2D eigenvalue weighted by Gasteiger charge is -2.09. The summed E-state index contributed by atoms with van der Waals surface area (Å²) < 4.78 is 0. The van der Waals surface area contributed by atoms with Crippen LogP contribution in [-0.4, -0.2) is 18.1 Å². The number of nitrogens with one attached hydrogen (secondary N) is 2. The fourth-order valence-corrected chi connectivity index (χ4v) is 2.27. The van der Waals surface area contributed by atoms with Crippen molar-refractivity contribution in [2.24, 2.45) is 0 Å². The van der Waals surface area contributed by atoms with Crippen LogP contribution in [0.4, 0.5) is 0 Å². The zero-order valence-corrected chi connectivity index (χ0v) is 11.7. The first kappa shape index (κ1) is 14.1. The lowest BCUT2D eigenvalue weighted by atomic mass is 10.2. The van der Waals surface area contributed by atoms with Crippen LogP contribution in [0.15, 0.2) is 59.5 Å². The Morgan fingerprint density at radius 2 is 1.45 bits per heavy atom. The third kappa shape index (κ3) is 3.39. The predicted molar refractivity (Wildman–Crippen MR) is 79.6 cm³/mol. The minimum Gasteiger partial charge on any atom is -0.267 e. The van der Waals surface area contributed by atoms with Gasteiger partial charge in [0.1, 0.15) is 0 Å². The van der Waals surface area contributed by atoms with Gasteiger partial charge in [0.15, 0.2) is 0 Å². The van der Waals surface area contributed by atoms with Gasteiger partial charge in [-0.3, -0.25) is 20.4 Å². The fraction of sp³-hybridized carbons (Fsp3) is 0.0667. The molecule has 0 aliphatic carbocycles. The SMILES string of the molecule is CSc1ccccc1C(=O)NNC(=O)c1ccccc1. The van der Waals surface area contributed by atoms with Gasteiger partial charge in [-0.2, -0.15) is 0 Å². The van der Waals surface area contributed by atoms with Gasteiger partial charge in [-0.1, -0.05) is 30.3 Å². The minimum absolute atomic E-state index is 0.334. The Hall–Kier alpha value is -2.27. The van der Waals surface area contributed by atoms with Gasteiger partial charge < -0.3 is 0 Å². The summed E-state index contributed by atoms with van der Waals surface area (Å²) in [4.78, 5) is 24.7. The topological polar surface area (TPSA) is 58.2 Å². The maximum absolute atomic E-state index is 12.0. The molecule has 2 amide bonds. The fourth-order valence-electron chi connectivity index (χ4n) is 1.67. The van der Waals surface area contributed by atoms with Crippen molar-refractivity contribution in [3.05, 3.63) is 65.7 Å². The van der Waals surface area contributed by atoms with Gasteiger partial charge >= 0.3 is 0 Å². The molecule has 2 aromatic rings. The summed E-state index contributed by atoms with van der Waals surface area (Å²) in [6.45, 7) is 0. The summed E-state index contributed by atoms with van der Waals surface area (Å²) in [5.41, 5.74) is 5.85. The number of benzene rings is 2. The van der Waals surface area contributed by atoms with Gasteiger partial charge in [-0.15, -0.1) is 11.8 Å². The van der Waals surface area contributed by atoms with E-state index in [2.05, 4.69) is 10.9 Å². The quantitative estimate of drug-likeness (QED) is 0.673. The van der Waals surface area contributed by atoms with Gasteiger partial charge in [-0.25, -0.2) is 0 Å². The van der Waals surface area contributed by atoms with Crippen LogP contribution in [0.1, 0.15) is 20.7 Å². The van der Waals surface area contributed by atoms with E-state index in [-0.39, 0.29) is 11.8 Å². The first-order valence-corrected chi connectivity index (χ1v) is 7.23. The van der Waals surface area contributed by atoms with Crippen molar-refractivity contribution in [2.75, 3.05) is 6.26 Å². The molecule has 2 aromatic carbocycles. The lowest BCUT2D eigenvalue weighted by Crippen LogP contribution is -2.41. The first-order chi connectivity index (χ1) is 9.72. The normalized spacial score (nSPS) is 9.85. The molecule has 4 nitrogen and oxygen atoms in total. The molecule has 0 aromatic heterocycles. The summed E-state index contributed by atoms with van der Waals surface area (Å²) in [5.74, 6) is -0.681. The highest BCUT2D eigenvalue weighted by atomic mass is 32.2. The molecule has 0 atom stereocenters. The van der Waals surface area contributed by atoms with Crippen LogP contribution in [0, 0.1) is 0 Å². The Morgan fingerprint density at radius 1 is 0.850 bits per heavy atom. The highest BCUT2D eigenvalue weighted by Crippen LogP contribution is 2.19. The molecule has 20 heavy (non-hydrogen) atoms. The number of carbonyl (C=O) groups is 2. The number of hydrogen-bond donors (Lipinski definition) is 2. The van der Waals surface area contributed by atoms with Crippen molar-refractivity contribution >= 4 is 23.6 Å². The summed E-state index contributed by atoms with van der Waals surface area (Å²) in [5, 5.41) is 0. The third-order valence-electron chi connectivity index (χ3n) is 2.68. The molecule has 2 N–H and O–H groups in total. The molecule has 2 rings (SSSR count). The number of rotatable bonds is 3. The highest BCUT2D eigenvalue weighted by molar-refractivity contribution is 7.98. The van der Waals surface area contributed by atoms with Crippen LogP contribution in [-0.2, 0) is 0 Å². The van der Waals surface area contributed by atoms with E-state index in [0.717, 1.165) is 4.90 Å². The van der Waals surface area contributed by atoms with Crippen molar-refractivity contribution in [1.82, 2.24) is 10.9 Å². The molecule has 0 saturated carbocycles. The average Bonchev–Trinajstić information content (AvgIpc) is 2.53. The van der Waals surface area contributed by atoms with Crippen LogP contribution >= 0.6 is 11.8 Å². The van der Waals surface area contributed by atoms with Crippen molar-refractivity contribution in [2.45, 2.75) is 4.90 Å². The van der Waals surface area contributed by atoms with Crippen molar-refractivity contribution in [3.8, 4) is 0 Å². The molecule has 0 fully saturated rings. The second kappa shape index (κ2) is 6.77. The minimum atomic E-state index is -0.347. The zero-order valence-electron chi connectivity index (χ0n) is 10.9. The second-order valence-corrected chi connectivity index (χ2v) is 4.82. The zero-order chi connectivity index (χ0) is 14.4. The van der Waals surface area contributed by atoms with Gasteiger partial charge in [0.2, 0.25) is 0 Å². The number of hydrazine groups is 1. The van der Waals surface area contributed by atoms with Crippen LogP contribution in [0.3, 0.4) is 0 Å². The predicted octanol–water partition coefficient (Wildman–Crippen LogP) is 2.48. The Bertz CT molecular complexity index is 614. The first-order valence-electron chi connectivity index (χ1n) is 6.01. The highest BCUT2D eigenvalue weighted by Gasteiger charge is 2.11. The molecule has 0 aliphatic heterocycles. The molecule has 0 heterocycles. The molecule has 0 spiro atoms. The lowest BCUT2D eigenvalue weighted by molar-refractivity contribution is 0.0845. The summed E-state index contributed by atoms with van der Waals surface area (Å²) in [6.07, 6.45) is 1.90. The van der Waals surface area contributed by atoms with E-state index < -0.39 is 0 Å². The number of amides is 2. The molecule has 0 radical (unpaired) electrons. The van der Waals surface area contributed by atoms with Crippen molar-refractivity contribution in [1.29, 1.82) is 0 Å². The van der Waals surface area contributed by atoms with Gasteiger partial charge in [0.25, 0.3) is 11.8 Å². The second-order valence-electron chi connectivity index (χ2n) is 3.97. The smallest absolute Gasteiger partial charge is 0.267 e. The third-order valence-corrected chi connectivity index (χ3v) is 3.47. The van der Waals surface area contributed by atoms with E-state index >= 15 is 0 Å². The summed E-state index contributed by atoms with van der Waals surface area (Å²) >= 11 is 1.48. The number of hydrogen-bond acceptors (Lipinski definition) is 3. The largest absolute Gasteiger partial charge is 0.270 e. The Morgan fingerprint density at radius 3 is 2.15 bits per heavy atom. The maximum atomic E-state index is 12.0. The maximum Gasteiger partial charge on any atom is 0.270 e. The van der Waals surface area contributed by atoms with E-state index in [4.69, 9.17) is 0 Å². The van der Waals surface area contributed by atoms with Crippen LogP contribution in [0.25, 0.3) is 0 Å².